The van der Waals surface area contributed by atoms with E-state index >= 15 is 0 Å². The minimum absolute atomic E-state index is 0.627. The van der Waals surface area contributed by atoms with E-state index in [1.165, 1.54) is 0 Å². The summed E-state index contributed by atoms with van der Waals surface area (Å²) in [4.78, 5) is 0. The van der Waals surface area contributed by atoms with Crippen LogP contribution in [0.1, 0.15) is 5.76 Å². The van der Waals surface area contributed by atoms with E-state index in [9.17, 15) is 0 Å². The molecule has 1 N–H and O–H groups in total. The molecule has 2 rings (SSSR count). The molecule has 0 aliphatic rings. The Hall–Kier alpha value is 0.280. The first-order valence-corrected chi connectivity index (χ1v) is 7.73. The molecule has 0 spiro atoms. The molecule has 0 radical (unpaired) electrons. The maximum absolute atomic E-state index is 5.89. The third-order valence-corrected chi connectivity index (χ3v) is 4.92. The van der Waals surface area contributed by atoms with Gasteiger partial charge in [0.05, 0.1) is 11.0 Å². The predicted octanol–water partition coefficient (Wildman–Crippen LogP) is 5.67. The van der Waals surface area contributed by atoms with Gasteiger partial charge in [-0.15, -0.1) is 0 Å². The van der Waals surface area contributed by atoms with Gasteiger partial charge in [-0.1, -0.05) is 11.6 Å². The Morgan fingerprint density at radius 3 is 2.65 bits per heavy atom. The maximum atomic E-state index is 5.89. The van der Waals surface area contributed by atoms with Crippen molar-refractivity contribution in [2.75, 3.05) is 5.32 Å². The lowest BCUT2D eigenvalue weighted by Crippen LogP contribution is -1.99. The van der Waals surface area contributed by atoms with E-state index in [4.69, 9.17) is 16.0 Å². The fourth-order valence-electron chi connectivity index (χ4n) is 1.29. The second-order valence-corrected chi connectivity index (χ2v) is 6.49. The number of nitrogens with one attached hydrogen (secondary N) is 1. The number of benzene rings is 1. The standard InChI is InChI=1S/C11H7Br2ClINO/c12-8-4-7(17-11(8)13)5-16-10-2-1-6(14)3-9(10)15/h1-4,16H,5H2. The van der Waals surface area contributed by atoms with Crippen molar-refractivity contribution in [3.8, 4) is 0 Å². The molecule has 1 heterocycles. The van der Waals surface area contributed by atoms with Gasteiger partial charge in [-0.05, 0) is 78.7 Å². The molecule has 0 aliphatic carbocycles. The van der Waals surface area contributed by atoms with Gasteiger partial charge in [0.2, 0.25) is 0 Å². The summed E-state index contributed by atoms with van der Waals surface area (Å²) in [6.45, 7) is 0.627. The third kappa shape index (κ3) is 3.62. The number of hydrogen-bond acceptors (Lipinski definition) is 2. The molecule has 2 nitrogen and oxygen atoms in total. The average molecular weight is 491 g/mol. The summed E-state index contributed by atoms with van der Waals surface area (Å²) in [7, 11) is 0. The van der Waals surface area contributed by atoms with Gasteiger partial charge in [-0.25, -0.2) is 0 Å². The summed E-state index contributed by atoms with van der Waals surface area (Å²) in [5, 5.41) is 4.03. The van der Waals surface area contributed by atoms with Crippen molar-refractivity contribution in [2.45, 2.75) is 6.54 Å². The lowest BCUT2D eigenvalue weighted by atomic mass is 10.3. The molecule has 0 bridgehead atoms. The molecule has 0 fully saturated rings. The van der Waals surface area contributed by atoms with Crippen molar-refractivity contribution < 1.29 is 4.42 Å². The highest BCUT2D eigenvalue weighted by molar-refractivity contribution is 14.1. The SMILES string of the molecule is Clc1ccc(NCc2cc(Br)c(Br)o2)c(I)c1. The van der Waals surface area contributed by atoms with E-state index in [2.05, 4.69) is 59.8 Å². The van der Waals surface area contributed by atoms with Crippen LogP contribution in [0.2, 0.25) is 5.02 Å². The van der Waals surface area contributed by atoms with E-state index in [1.54, 1.807) is 0 Å². The van der Waals surface area contributed by atoms with E-state index in [0.29, 0.717) is 11.2 Å². The van der Waals surface area contributed by atoms with Crippen LogP contribution in [0, 0.1) is 3.57 Å². The van der Waals surface area contributed by atoms with E-state index in [-0.39, 0.29) is 0 Å². The van der Waals surface area contributed by atoms with Gasteiger partial charge in [-0.3, -0.25) is 0 Å². The number of furan rings is 1. The summed E-state index contributed by atoms with van der Waals surface area (Å²) in [6.07, 6.45) is 0. The molecule has 0 saturated carbocycles. The topological polar surface area (TPSA) is 25.2 Å². The quantitative estimate of drug-likeness (QED) is 0.560. The second-order valence-electron chi connectivity index (χ2n) is 3.31. The van der Waals surface area contributed by atoms with Crippen LogP contribution in [0.4, 0.5) is 5.69 Å². The maximum Gasteiger partial charge on any atom is 0.183 e. The van der Waals surface area contributed by atoms with Gasteiger partial charge in [0, 0.05) is 14.3 Å². The highest BCUT2D eigenvalue weighted by Gasteiger charge is 2.06. The van der Waals surface area contributed by atoms with Crippen molar-refractivity contribution in [3.05, 3.63) is 47.8 Å². The van der Waals surface area contributed by atoms with Crippen LogP contribution < -0.4 is 5.32 Å². The smallest absolute Gasteiger partial charge is 0.183 e. The molecule has 90 valence electrons. The first-order valence-electron chi connectivity index (χ1n) is 4.69. The van der Waals surface area contributed by atoms with E-state index in [0.717, 1.165) is 24.5 Å². The van der Waals surface area contributed by atoms with Crippen molar-refractivity contribution in [2.24, 2.45) is 0 Å². The van der Waals surface area contributed by atoms with Gasteiger partial charge >= 0.3 is 0 Å². The van der Waals surface area contributed by atoms with Crippen LogP contribution in [0.3, 0.4) is 0 Å². The zero-order chi connectivity index (χ0) is 12.4. The van der Waals surface area contributed by atoms with E-state index < -0.39 is 0 Å². The van der Waals surface area contributed by atoms with Gasteiger partial charge in [0.25, 0.3) is 0 Å². The normalized spacial score (nSPS) is 10.6. The van der Waals surface area contributed by atoms with Crippen LogP contribution in [-0.2, 0) is 6.54 Å². The lowest BCUT2D eigenvalue weighted by molar-refractivity contribution is 0.494. The third-order valence-electron chi connectivity index (χ3n) is 2.08. The zero-order valence-electron chi connectivity index (χ0n) is 8.44. The van der Waals surface area contributed by atoms with Crippen LogP contribution in [-0.4, -0.2) is 0 Å². The average Bonchev–Trinajstić information content (AvgIpc) is 2.57. The largest absolute Gasteiger partial charge is 0.451 e. The fourth-order valence-corrected chi connectivity index (χ4v) is 3.01. The Kier molecular flexibility index (Phi) is 4.80. The Bertz CT molecular complexity index is 525. The number of halogens is 4. The molecule has 17 heavy (non-hydrogen) atoms. The Morgan fingerprint density at radius 1 is 1.29 bits per heavy atom. The zero-order valence-corrected chi connectivity index (χ0v) is 14.5. The number of hydrogen-bond donors (Lipinski definition) is 1. The molecule has 1 aromatic carbocycles. The number of rotatable bonds is 3. The summed E-state index contributed by atoms with van der Waals surface area (Å²) >= 11 is 14.8. The van der Waals surface area contributed by atoms with Crippen LogP contribution in [0.5, 0.6) is 0 Å². The molecule has 2 aromatic rings. The summed E-state index contributed by atoms with van der Waals surface area (Å²) in [5.74, 6) is 0.856. The fraction of sp³-hybridized carbons (Fsp3) is 0.0909. The second kappa shape index (κ2) is 5.95. The van der Waals surface area contributed by atoms with Gasteiger partial charge in [0.1, 0.15) is 5.76 Å². The van der Waals surface area contributed by atoms with Gasteiger partial charge in [-0.2, -0.15) is 0 Å². The number of anilines is 1. The Labute approximate surface area is 134 Å². The van der Waals surface area contributed by atoms with Gasteiger partial charge < -0.3 is 9.73 Å². The molecule has 0 amide bonds. The molecule has 0 atom stereocenters. The molecular formula is C11H7Br2ClINO. The van der Waals surface area contributed by atoms with Crippen LogP contribution >= 0.6 is 66.1 Å². The highest BCUT2D eigenvalue weighted by atomic mass is 127. The molecule has 0 aliphatic heterocycles. The predicted molar refractivity (Wildman–Crippen MR) is 85.6 cm³/mol. The molecule has 0 saturated heterocycles. The minimum Gasteiger partial charge on any atom is -0.451 e. The van der Waals surface area contributed by atoms with Gasteiger partial charge in [0.15, 0.2) is 4.67 Å². The summed E-state index contributed by atoms with van der Waals surface area (Å²) in [5.41, 5.74) is 1.04. The van der Waals surface area contributed by atoms with Crippen molar-refractivity contribution in [3.63, 3.8) is 0 Å². The lowest BCUT2D eigenvalue weighted by Gasteiger charge is -2.06. The minimum atomic E-state index is 0.627. The van der Waals surface area contributed by atoms with Crippen LogP contribution in [0.25, 0.3) is 0 Å². The molecular weight excluding hydrogens is 484 g/mol. The molecule has 6 heteroatoms. The van der Waals surface area contributed by atoms with Crippen molar-refractivity contribution in [1.82, 2.24) is 0 Å². The first-order chi connectivity index (χ1) is 8.06. The summed E-state index contributed by atoms with van der Waals surface area (Å²) in [6, 6.07) is 7.66. The Morgan fingerprint density at radius 2 is 2.06 bits per heavy atom. The monoisotopic (exact) mass is 489 g/mol. The van der Waals surface area contributed by atoms with Crippen LogP contribution in [0.15, 0.2) is 37.8 Å². The van der Waals surface area contributed by atoms with Crippen molar-refractivity contribution >= 4 is 71.7 Å². The highest BCUT2D eigenvalue weighted by Crippen LogP contribution is 2.28. The summed E-state index contributed by atoms with van der Waals surface area (Å²) < 4.78 is 8.19. The van der Waals surface area contributed by atoms with E-state index in [1.807, 2.05) is 24.3 Å². The van der Waals surface area contributed by atoms with Crippen molar-refractivity contribution in [1.29, 1.82) is 0 Å². The molecule has 1 aromatic heterocycles. The Balaban J connectivity index is 2.07. The first kappa shape index (κ1) is 13.7. The molecule has 0 unspecified atom stereocenters.